The van der Waals surface area contributed by atoms with Crippen molar-refractivity contribution in [3.05, 3.63) is 66.1 Å². The minimum Gasteiger partial charge on any atom is -0.497 e. The van der Waals surface area contributed by atoms with E-state index in [0.29, 0.717) is 45.0 Å². The first-order valence-corrected chi connectivity index (χ1v) is 10.9. The highest BCUT2D eigenvalue weighted by Gasteiger charge is 2.22. The number of methoxy groups -OCH3 is 2. The summed E-state index contributed by atoms with van der Waals surface area (Å²) in [5.74, 6) is 1.02. The molecule has 2 aromatic heterocycles. The zero-order valence-electron chi connectivity index (χ0n) is 19.8. The lowest BCUT2D eigenvalue weighted by Gasteiger charge is -2.13. The van der Waals surface area contributed by atoms with Gasteiger partial charge >= 0.3 is 6.03 Å². The average Bonchev–Trinajstić information content (AvgIpc) is 3.25. The van der Waals surface area contributed by atoms with E-state index >= 15 is 0 Å². The van der Waals surface area contributed by atoms with Gasteiger partial charge in [-0.15, -0.1) is 0 Å². The fourth-order valence-electron chi connectivity index (χ4n) is 3.74. The molecule has 0 saturated heterocycles. The number of carbonyl (C=O) groups is 2. The third-order valence-corrected chi connectivity index (χ3v) is 5.50. The Morgan fingerprint density at radius 3 is 2.40 bits per heavy atom. The summed E-state index contributed by atoms with van der Waals surface area (Å²) < 4.78 is 12.4. The molecule has 0 spiro atoms. The zero-order valence-corrected chi connectivity index (χ0v) is 19.8. The Bertz CT molecular complexity index is 1400. The number of ketones is 1. The number of nitrogens with zero attached hydrogens (tertiary/aromatic N) is 3. The van der Waals surface area contributed by atoms with Gasteiger partial charge in [0, 0.05) is 23.5 Å². The van der Waals surface area contributed by atoms with Crippen molar-refractivity contribution in [1.82, 2.24) is 14.5 Å². The van der Waals surface area contributed by atoms with Crippen molar-refractivity contribution in [1.29, 1.82) is 0 Å². The Hall–Kier alpha value is -4.60. The topological polar surface area (TPSA) is 133 Å². The Kier molecular flexibility index (Phi) is 6.54. The minimum atomic E-state index is -0.493. The second kappa shape index (κ2) is 9.72. The number of fused-ring (bicyclic) bond motifs is 1. The largest absolute Gasteiger partial charge is 0.497 e. The van der Waals surface area contributed by atoms with Crippen LogP contribution in [0.2, 0.25) is 0 Å². The molecule has 0 unspecified atom stereocenters. The maximum absolute atomic E-state index is 13.5. The lowest BCUT2D eigenvalue weighted by Crippen LogP contribution is -2.20. The van der Waals surface area contributed by atoms with Gasteiger partial charge in [0.15, 0.2) is 5.78 Å². The molecule has 10 heteroatoms. The maximum atomic E-state index is 13.5. The first kappa shape index (κ1) is 23.6. The van der Waals surface area contributed by atoms with Crippen molar-refractivity contribution in [2.45, 2.75) is 19.9 Å². The number of hydrogen-bond acceptors (Lipinski definition) is 7. The van der Waals surface area contributed by atoms with Crippen molar-refractivity contribution in [3.8, 4) is 11.5 Å². The summed E-state index contributed by atoms with van der Waals surface area (Å²) in [5, 5.41) is 5.98. The Labute approximate surface area is 202 Å². The number of benzene rings is 2. The van der Waals surface area contributed by atoms with E-state index in [0.717, 1.165) is 0 Å². The van der Waals surface area contributed by atoms with E-state index in [9.17, 15) is 9.59 Å². The maximum Gasteiger partial charge on any atom is 0.323 e. The lowest BCUT2D eigenvalue weighted by atomic mass is 10.0. The molecule has 2 heterocycles. The van der Waals surface area contributed by atoms with Gasteiger partial charge in [0.25, 0.3) is 0 Å². The number of amides is 2. The van der Waals surface area contributed by atoms with Gasteiger partial charge in [0.05, 0.1) is 30.9 Å². The fourth-order valence-corrected chi connectivity index (χ4v) is 3.74. The highest BCUT2D eigenvalue weighted by atomic mass is 16.5. The van der Waals surface area contributed by atoms with Crippen LogP contribution >= 0.6 is 0 Å². The monoisotopic (exact) mass is 474 g/mol. The van der Waals surface area contributed by atoms with Crippen LogP contribution in [0.1, 0.15) is 35.8 Å². The van der Waals surface area contributed by atoms with Crippen molar-refractivity contribution >= 4 is 40.0 Å². The van der Waals surface area contributed by atoms with Gasteiger partial charge < -0.3 is 30.4 Å². The molecule has 0 radical (unpaired) electrons. The summed E-state index contributed by atoms with van der Waals surface area (Å²) in [7, 11) is 3.05. The number of nitrogens with one attached hydrogen (secondary N) is 2. The van der Waals surface area contributed by atoms with E-state index in [2.05, 4.69) is 20.6 Å². The molecule has 10 nitrogen and oxygen atoms in total. The highest BCUT2D eigenvalue weighted by Crippen LogP contribution is 2.31. The molecule has 4 N–H and O–H groups in total. The van der Waals surface area contributed by atoms with Crippen LogP contribution in [0, 0.1) is 0 Å². The third-order valence-electron chi connectivity index (χ3n) is 5.50. The summed E-state index contributed by atoms with van der Waals surface area (Å²) in [6.45, 7) is 3.98. The van der Waals surface area contributed by atoms with Gasteiger partial charge in [-0.2, -0.15) is 0 Å². The van der Waals surface area contributed by atoms with Crippen LogP contribution in [-0.4, -0.2) is 40.6 Å². The van der Waals surface area contributed by atoms with E-state index in [1.54, 1.807) is 55.8 Å². The molecule has 0 aliphatic carbocycles. The first-order chi connectivity index (χ1) is 16.8. The second-order valence-electron chi connectivity index (χ2n) is 8.05. The molecule has 4 rings (SSSR count). The molecular weight excluding hydrogens is 448 g/mol. The van der Waals surface area contributed by atoms with Crippen LogP contribution in [0.3, 0.4) is 0 Å². The summed E-state index contributed by atoms with van der Waals surface area (Å²) in [4.78, 5) is 34.5. The van der Waals surface area contributed by atoms with Crippen molar-refractivity contribution in [3.63, 3.8) is 0 Å². The smallest absolute Gasteiger partial charge is 0.323 e. The zero-order chi connectivity index (χ0) is 25.1. The summed E-state index contributed by atoms with van der Waals surface area (Å²) >= 11 is 0. The summed E-state index contributed by atoms with van der Waals surface area (Å²) in [5.41, 5.74) is 8.33. The molecule has 0 aliphatic heterocycles. The average molecular weight is 475 g/mol. The van der Waals surface area contributed by atoms with Crippen molar-refractivity contribution < 1.29 is 19.1 Å². The lowest BCUT2D eigenvalue weighted by molar-refractivity contribution is 0.104. The molecule has 35 heavy (non-hydrogen) atoms. The molecule has 4 aromatic rings. The molecule has 0 bridgehead atoms. The van der Waals surface area contributed by atoms with Crippen LogP contribution in [-0.2, 0) is 0 Å². The van der Waals surface area contributed by atoms with Crippen molar-refractivity contribution in [2.75, 3.05) is 30.6 Å². The number of nitrogen functional groups attached to an aromatic ring is 1. The number of rotatable bonds is 7. The van der Waals surface area contributed by atoms with Gasteiger partial charge in [-0.05, 0) is 56.3 Å². The molecule has 0 aliphatic rings. The van der Waals surface area contributed by atoms with Gasteiger partial charge in [-0.1, -0.05) is 0 Å². The van der Waals surface area contributed by atoms with Crippen LogP contribution in [0.15, 0.2) is 55.0 Å². The van der Waals surface area contributed by atoms with E-state index in [1.165, 1.54) is 13.4 Å². The summed E-state index contributed by atoms with van der Waals surface area (Å²) in [6.07, 6.45) is 3.11. The number of aromatic nitrogens is 3. The highest BCUT2D eigenvalue weighted by molar-refractivity contribution is 6.18. The number of anilines is 3. The summed E-state index contributed by atoms with van der Waals surface area (Å²) in [6, 6.07) is 11.3. The molecule has 2 aromatic carbocycles. The minimum absolute atomic E-state index is 0.0584. The molecule has 180 valence electrons. The molecule has 0 saturated carbocycles. The van der Waals surface area contributed by atoms with Gasteiger partial charge in [0.2, 0.25) is 0 Å². The fraction of sp³-hybridized carbons (Fsp3) is 0.200. The van der Waals surface area contributed by atoms with Gasteiger partial charge in [0.1, 0.15) is 29.3 Å². The number of carbonyl (C=O) groups excluding carboxylic acids is 2. The second-order valence-corrected chi connectivity index (χ2v) is 8.05. The Morgan fingerprint density at radius 1 is 1.00 bits per heavy atom. The van der Waals surface area contributed by atoms with Crippen LogP contribution in [0.4, 0.5) is 22.0 Å². The first-order valence-electron chi connectivity index (χ1n) is 10.9. The van der Waals surface area contributed by atoms with Crippen LogP contribution in [0.5, 0.6) is 11.5 Å². The SMILES string of the molecule is COc1ccc(NC(=O)Nc2cc(C(=O)c3cn(C(C)C)c4ncnc(N)c34)ccc2OC)cc1. The molecular formula is C25H26N6O4. The standard InChI is InChI=1S/C25H26N6O4/c1-14(2)31-12-18(21-23(26)27-13-28-24(21)31)22(32)15-5-10-20(35-4)19(11-15)30-25(33)29-16-6-8-17(34-3)9-7-16/h5-14H,1-4H3,(H2,26,27,28)(H2,29,30,33). The van der Waals surface area contributed by atoms with E-state index in [4.69, 9.17) is 15.2 Å². The molecule has 2 amide bonds. The van der Waals surface area contributed by atoms with E-state index in [1.807, 2.05) is 18.4 Å². The predicted molar refractivity (Wildman–Crippen MR) is 134 cm³/mol. The van der Waals surface area contributed by atoms with E-state index in [-0.39, 0.29) is 17.6 Å². The third kappa shape index (κ3) is 4.72. The molecule has 0 atom stereocenters. The number of ether oxygens (including phenoxy) is 2. The van der Waals surface area contributed by atoms with Crippen LogP contribution in [0.25, 0.3) is 11.0 Å². The van der Waals surface area contributed by atoms with Crippen molar-refractivity contribution in [2.24, 2.45) is 0 Å². The van der Waals surface area contributed by atoms with Gasteiger partial charge in [-0.25, -0.2) is 14.8 Å². The Morgan fingerprint density at radius 2 is 1.74 bits per heavy atom. The molecule has 0 fully saturated rings. The quantitative estimate of drug-likeness (QED) is 0.336. The van der Waals surface area contributed by atoms with E-state index < -0.39 is 6.03 Å². The number of nitrogens with two attached hydrogens (primary N) is 1. The predicted octanol–water partition coefficient (Wildman–Crippen LogP) is 4.49. The van der Waals surface area contributed by atoms with Crippen LogP contribution < -0.4 is 25.8 Å². The normalized spacial score (nSPS) is 10.9. The number of hydrogen-bond donors (Lipinski definition) is 3. The Balaban J connectivity index is 1.64. The number of urea groups is 1. The van der Waals surface area contributed by atoms with Gasteiger partial charge in [-0.3, -0.25) is 4.79 Å².